The normalized spacial score (nSPS) is 23.6. The van der Waals surface area contributed by atoms with E-state index in [0.29, 0.717) is 24.9 Å². The second-order valence-corrected chi connectivity index (χ2v) is 5.06. The molecule has 1 fully saturated rings. The Morgan fingerprint density at radius 3 is 3.22 bits per heavy atom. The van der Waals surface area contributed by atoms with Crippen LogP contribution in [-0.2, 0) is 4.74 Å². The van der Waals surface area contributed by atoms with Crippen LogP contribution in [0.2, 0.25) is 0 Å². The standard InChI is InChI=1S/C12H15N3O2S/c1-2-13-10-6-16-5-9(10)12-14-11(15-17-12)8-3-4-18-7-8/h3-4,7,9-10,13H,2,5-6H2,1H3. The third-order valence-corrected chi connectivity index (χ3v) is 3.77. The molecule has 0 spiro atoms. The van der Waals surface area contributed by atoms with Gasteiger partial charge < -0.3 is 14.6 Å². The maximum atomic E-state index is 5.49. The number of ether oxygens (including phenoxy) is 1. The molecule has 2 atom stereocenters. The van der Waals surface area contributed by atoms with Gasteiger partial charge in [0.15, 0.2) is 0 Å². The maximum absolute atomic E-state index is 5.49. The minimum Gasteiger partial charge on any atom is -0.379 e. The quantitative estimate of drug-likeness (QED) is 0.914. The van der Waals surface area contributed by atoms with E-state index in [4.69, 9.17) is 9.26 Å². The molecule has 18 heavy (non-hydrogen) atoms. The lowest BCUT2D eigenvalue weighted by molar-refractivity contribution is 0.185. The van der Waals surface area contributed by atoms with Gasteiger partial charge >= 0.3 is 0 Å². The number of hydrogen-bond acceptors (Lipinski definition) is 6. The molecule has 2 aromatic rings. The Labute approximate surface area is 109 Å². The summed E-state index contributed by atoms with van der Waals surface area (Å²) in [6, 6.07) is 2.26. The summed E-state index contributed by atoms with van der Waals surface area (Å²) in [6.45, 7) is 4.34. The first-order chi connectivity index (χ1) is 8.88. The van der Waals surface area contributed by atoms with Gasteiger partial charge in [0, 0.05) is 17.0 Å². The molecule has 5 nitrogen and oxygen atoms in total. The van der Waals surface area contributed by atoms with Crippen LogP contribution in [0, 0.1) is 0 Å². The summed E-state index contributed by atoms with van der Waals surface area (Å²) < 4.78 is 10.9. The van der Waals surface area contributed by atoms with Crippen molar-refractivity contribution in [2.75, 3.05) is 19.8 Å². The lowest BCUT2D eigenvalue weighted by atomic mass is 10.0. The third-order valence-electron chi connectivity index (χ3n) is 3.09. The van der Waals surface area contributed by atoms with E-state index in [1.807, 2.05) is 16.8 Å². The smallest absolute Gasteiger partial charge is 0.234 e. The van der Waals surface area contributed by atoms with Crippen LogP contribution in [0.5, 0.6) is 0 Å². The van der Waals surface area contributed by atoms with Gasteiger partial charge in [-0.05, 0) is 18.0 Å². The molecule has 96 valence electrons. The van der Waals surface area contributed by atoms with Crippen LogP contribution in [0.4, 0.5) is 0 Å². The van der Waals surface area contributed by atoms with Gasteiger partial charge in [-0.25, -0.2) is 0 Å². The van der Waals surface area contributed by atoms with Crippen molar-refractivity contribution < 1.29 is 9.26 Å². The molecule has 1 N–H and O–H groups in total. The van der Waals surface area contributed by atoms with Crippen molar-refractivity contribution >= 4 is 11.3 Å². The molecular weight excluding hydrogens is 250 g/mol. The van der Waals surface area contributed by atoms with Crippen LogP contribution in [0.3, 0.4) is 0 Å². The van der Waals surface area contributed by atoms with E-state index < -0.39 is 0 Å². The molecule has 0 amide bonds. The number of hydrogen-bond donors (Lipinski definition) is 1. The van der Waals surface area contributed by atoms with Gasteiger partial charge in [-0.15, -0.1) is 0 Å². The predicted octanol–water partition coefficient (Wildman–Crippen LogP) is 1.89. The van der Waals surface area contributed by atoms with Crippen molar-refractivity contribution in [3.63, 3.8) is 0 Å². The van der Waals surface area contributed by atoms with Crippen molar-refractivity contribution in [1.29, 1.82) is 0 Å². The van der Waals surface area contributed by atoms with E-state index in [-0.39, 0.29) is 12.0 Å². The van der Waals surface area contributed by atoms with Crippen molar-refractivity contribution in [2.45, 2.75) is 18.9 Å². The van der Waals surface area contributed by atoms with Crippen LogP contribution < -0.4 is 5.32 Å². The van der Waals surface area contributed by atoms with Crippen LogP contribution >= 0.6 is 11.3 Å². The van der Waals surface area contributed by atoms with Crippen LogP contribution in [-0.4, -0.2) is 35.9 Å². The lowest BCUT2D eigenvalue weighted by Gasteiger charge is -2.13. The Morgan fingerprint density at radius 1 is 1.50 bits per heavy atom. The molecule has 1 saturated heterocycles. The molecule has 2 aromatic heterocycles. The maximum Gasteiger partial charge on any atom is 0.234 e. The molecule has 1 aliphatic heterocycles. The minimum absolute atomic E-state index is 0.157. The summed E-state index contributed by atoms with van der Waals surface area (Å²) >= 11 is 1.63. The largest absolute Gasteiger partial charge is 0.379 e. The highest BCUT2D eigenvalue weighted by Crippen LogP contribution is 2.27. The number of nitrogens with zero attached hydrogens (tertiary/aromatic N) is 2. The lowest BCUT2D eigenvalue weighted by Crippen LogP contribution is -2.34. The first-order valence-electron chi connectivity index (χ1n) is 6.05. The number of likely N-dealkylation sites (N-methyl/N-ethyl adjacent to an activating group) is 1. The molecular formula is C12H15N3O2S. The highest BCUT2D eigenvalue weighted by Gasteiger charge is 2.33. The molecule has 0 bridgehead atoms. The van der Waals surface area contributed by atoms with Gasteiger partial charge in [0.05, 0.1) is 19.1 Å². The van der Waals surface area contributed by atoms with Crippen molar-refractivity contribution in [1.82, 2.24) is 15.5 Å². The first kappa shape index (κ1) is 11.8. The number of aromatic nitrogens is 2. The Balaban J connectivity index is 1.80. The van der Waals surface area contributed by atoms with Gasteiger partial charge in [0.1, 0.15) is 0 Å². The average Bonchev–Trinajstić information content (AvgIpc) is 3.10. The third kappa shape index (κ3) is 2.19. The van der Waals surface area contributed by atoms with Gasteiger partial charge in [-0.2, -0.15) is 16.3 Å². The summed E-state index contributed by atoms with van der Waals surface area (Å²) in [7, 11) is 0. The fourth-order valence-electron chi connectivity index (χ4n) is 2.16. The molecule has 0 radical (unpaired) electrons. The monoisotopic (exact) mass is 265 g/mol. The Morgan fingerprint density at radius 2 is 2.44 bits per heavy atom. The zero-order valence-electron chi connectivity index (χ0n) is 10.1. The molecule has 3 heterocycles. The first-order valence-corrected chi connectivity index (χ1v) is 7.00. The Hall–Kier alpha value is -1.24. The molecule has 6 heteroatoms. The number of rotatable bonds is 4. The fraction of sp³-hybridized carbons (Fsp3) is 0.500. The van der Waals surface area contributed by atoms with Crippen LogP contribution in [0.25, 0.3) is 11.4 Å². The van der Waals surface area contributed by atoms with E-state index in [9.17, 15) is 0 Å². The Bertz CT molecular complexity index is 497. The molecule has 0 saturated carbocycles. The average molecular weight is 265 g/mol. The molecule has 1 aliphatic rings. The van der Waals surface area contributed by atoms with Crippen molar-refractivity contribution in [3.8, 4) is 11.4 Å². The predicted molar refractivity (Wildman–Crippen MR) is 68.6 cm³/mol. The second-order valence-electron chi connectivity index (χ2n) is 4.28. The minimum atomic E-state index is 0.157. The summed E-state index contributed by atoms with van der Waals surface area (Å²) in [6.07, 6.45) is 0. The van der Waals surface area contributed by atoms with Gasteiger partial charge in [0.25, 0.3) is 0 Å². The Kier molecular flexibility index (Phi) is 3.40. The second kappa shape index (κ2) is 5.17. The number of thiophene rings is 1. The number of nitrogens with one attached hydrogen (secondary N) is 1. The van der Waals surface area contributed by atoms with Crippen molar-refractivity contribution in [3.05, 3.63) is 22.7 Å². The van der Waals surface area contributed by atoms with E-state index >= 15 is 0 Å². The summed E-state index contributed by atoms with van der Waals surface area (Å²) in [5.74, 6) is 1.48. The molecule has 0 aromatic carbocycles. The van der Waals surface area contributed by atoms with E-state index in [0.717, 1.165) is 12.1 Å². The van der Waals surface area contributed by atoms with E-state index in [1.165, 1.54) is 0 Å². The summed E-state index contributed by atoms with van der Waals surface area (Å²) in [4.78, 5) is 4.48. The van der Waals surface area contributed by atoms with Gasteiger partial charge in [0.2, 0.25) is 11.7 Å². The van der Waals surface area contributed by atoms with Crippen LogP contribution in [0.15, 0.2) is 21.3 Å². The fourth-order valence-corrected chi connectivity index (χ4v) is 2.79. The van der Waals surface area contributed by atoms with E-state index in [2.05, 4.69) is 22.4 Å². The highest BCUT2D eigenvalue weighted by atomic mass is 32.1. The molecule has 3 rings (SSSR count). The SMILES string of the molecule is CCNC1COCC1c1nc(-c2ccsc2)no1. The molecule has 0 aliphatic carbocycles. The topological polar surface area (TPSA) is 60.2 Å². The van der Waals surface area contributed by atoms with Gasteiger partial charge in [-0.1, -0.05) is 12.1 Å². The highest BCUT2D eigenvalue weighted by molar-refractivity contribution is 7.08. The van der Waals surface area contributed by atoms with E-state index in [1.54, 1.807) is 11.3 Å². The zero-order chi connectivity index (χ0) is 12.4. The van der Waals surface area contributed by atoms with Gasteiger partial charge in [-0.3, -0.25) is 0 Å². The zero-order valence-corrected chi connectivity index (χ0v) is 10.9. The van der Waals surface area contributed by atoms with Crippen LogP contribution in [0.1, 0.15) is 18.7 Å². The summed E-state index contributed by atoms with van der Waals surface area (Å²) in [5, 5.41) is 11.4. The summed E-state index contributed by atoms with van der Waals surface area (Å²) in [5.41, 5.74) is 1.01. The van der Waals surface area contributed by atoms with Crippen molar-refractivity contribution in [2.24, 2.45) is 0 Å². The molecule has 2 unspecified atom stereocenters.